The molecule has 8 N–H and O–H groups in total. The molecule has 1 aromatic carbocycles. The molecule has 1 aromatic heterocycles. The maximum Gasteiger partial charge on any atom is 0.325 e. The number of aromatic amines is 1. The van der Waals surface area contributed by atoms with Crippen LogP contribution in [0.15, 0.2) is 30.5 Å². The van der Waals surface area contributed by atoms with E-state index < -0.39 is 47.9 Å². The molecule has 0 bridgehead atoms. The predicted molar refractivity (Wildman–Crippen MR) is 112 cm³/mol. The van der Waals surface area contributed by atoms with Gasteiger partial charge in [-0.25, -0.2) is 0 Å². The van der Waals surface area contributed by atoms with Crippen LogP contribution >= 0.6 is 0 Å². The van der Waals surface area contributed by atoms with Gasteiger partial charge in [-0.2, -0.15) is 0 Å². The lowest BCUT2D eigenvalue weighted by molar-refractivity contribution is -0.142. The Hall–Kier alpha value is -3.44. The highest BCUT2D eigenvalue weighted by Gasteiger charge is 2.31. The molecule has 0 radical (unpaired) electrons. The zero-order chi connectivity index (χ0) is 23.1. The molecule has 31 heavy (non-hydrogen) atoms. The summed E-state index contributed by atoms with van der Waals surface area (Å²) in [6, 6.07) is 3.70. The molecule has 0 aliphatic carbocycles. The fourth-order valence-electron chi connectivity index (χ4n) is 3.01. The molecule has 1 heterocycles. The Bertz CT molecular complexity index is 956. The van der Waals surface area contributed by atoms with Crippen LogP contribution < -0.4 is 21.7 Å². The first-order valence-electron chi connectivity index (χ1n) is 9.70. The number of nitrogens with one attached hydrogen (secondary N) is 4. The van der Waals surface area contributed by atoms with Gasteiger partial charge in [0.05, 0.1) is 12.6 Å². The topological polar surface area (TPSA) is 187 Å². The highest BCUT2D eigenvalue weighted by atomic mass is 16.4. The number of hydrogen-bond donors (Lipinski definition) is 7. The van der Waals surface area contributed by atoms with Gasteiger partial charge in [0.2, 0.25) is 17.7 Å². The van der Waals surface area contributed by atoms with Crippen molar-refractivity contribution in [1.29, 1.82) is 0 Å². The quantitative estimate of drug-likeness (QED) is 0.240. The second kappa shape index (κ2) is 10.5. The molecule has 4 atom stereocenters. The van der Waals surface area contributed by atoms with Crippen molar-refractivity contribution in [2.75, 3.05) is 6.54 Å². The third-order valence-electron chi connectivity index (χ3n) is 4.73. The minimum Gasteiger partial charge on any atom is -0.480 e. The van der Waals surface area contributed by atoms with Gasteiger partial charge < -0.3 is 36.9 Å². The molecule has 2 aromatic rings. The van der Waals surface area contributed by atoms with E-state index in [1.165, 1.54) is 13.8 Å². The van der Waals surface area contributed by atoms with Gasteiger partial charge in [-0.3, -0.25) is 19.2 Å². The summed E-state index contributed by atoms with van der Waals surface area (Å²) in [6.07, 6.45) is 0.498. The summed E-state index contributed by atoms with van der Waals surface area (Å²) in [5, 5.41) is 26.9. The lowest BCUT2D eigenvalue weighted by Gasteiger charge is -2.25. The van der Waals surface area contributed by atoms with E-state index in [0.717, 1.165) is 16.5 Å². The fourth-order valence-corrected chi connectivity index (χ4v) is 3.01. The van der Waals surface area contributed by atoms with Crippen LogP contribution in [0.4, 0.5) is 0 Å². The molecule has 11 nitrogen and oxygen atoms in total. The van der Waals surface area contributed by atoms with Gasteiger partial charge in [-0.1, -0.05) is 18.2 Å². The number of carbonyl (C=O) groups is 4. The molecule has 3 amide bonds. The normalized spacial score (nSPS) is 14.8. The molecule has 0 saturated carbocycles. The number of aliphatic hydroxyl groups excluding tert-OH is 1. The number of aliphatic carboxylic acids is 1. The molecule has 0 saturated heterocycles. The van der Waals surface area contributed by atoms with E-state index in [0.29, 0.717) is 0 Å². The molecule has 2 rings (SSSR count). The number of carboxylic acids is 1. The first-order chi connectivity index (χ1) is 14.6. The van der Waals surface area contributed by atoms with Crippen LogP contribution in [-0.2, 0) is 25.6 Å². The van der Waals surface area contributed by atoms with Crippen molar-refractivity contribution in [3.63, 3.8) is 0 Å². The third-order valence-corrected chi connectivity index (χ3v) is 4.73. The molecule has 0 fully saturated rings. The number of aromatic nitrogens is 1. The van der Waals surface area contributed by atoms with E-state index in [4.69, 9.17) is 10.8 Å². The number of rotatable bonds is 10. The van der Waals surface area contributed by atoms with Crippen LogP contribution in [0.25, 0.3) is 10.9 Å². The number of carbonyl (C=O) groups excluding carboxylic acids is 3. The fraction of sp³-hybridized carbons (Fsp3) is 0.400. The SMILES string of the molecule is CC(NC(=O)C(NC(=O)C(Cc1c[nH]c2ccccc12)NC(=O)CN)C(C)O)C(=O)O. The van der Waals surface area contributed by atoms with Gasteiger partial charge in [-0.15, -0.1) is 0 Å². The lowest BCUT2D eigenvalue weighted by atomic mass is 10.0. The summed E-state index contributed by atoms with van der Waals surface area (Å²) < 4.78 is 0. The largest absolute Gasteiger partial charge is 0.480 e. The highest BCUT2D eigenvalue weighted by molar-refractivity contribution is 5.94. The van der Waals surface area contributed by atoms with E-state index in [1.807, 2.05) is 24.3 Å². The van der Waals surface area contributed by atoms with Crippen LogP contribution in [0, 0.1) is 0 Å². The summed E-state index contributed by atoms with van der Waals surface area (Å²) in [6.45, 7) is 2.19. The third kappa shape index (κ3) is 6.27. The molecular weight excluding hydrogens is 406 g/mol. The number of nitrogens with two attached hydrogens (primary N) is 1. The van der Waals surface area contributed by atoms with Crippen molar-refractivity contribution in [3.05, 3.63) is 36.0 Å². The van der Waals surface area contributed by atoms with E-state index in [9.17, 15) is 24.3 Å². The monoisotopic (exact) mass is 433 g/mol. The lowest BCUT2D eigenvalue weighted by Crippen LogP contribution is -2.59. The highest BCUT2D eigenvalue weighted by Crippen LogP contribution is 2.19. The van der Waals surface area contributed by atoms with E-state index >= 15 is 0 Å². The second-order valence-electron chi connectivity index (χ2n) is 7.18. The van der Waals surface area contributed by atoms with E-state index in [2.05, 4.69) is 20.9 Å². The zero-order valence-corrected chi connectivity index (χ0v) is 17.2. The van der Waals surface area contributed by atoms with Crippen LogP contribution in [0.3, 0.4) is 0 Å². The van der Waals surface area contributed by atoms with Gasteiger partial charge >= 0.3 is 5.97 Å². The summed E-state index contributed by atoms with van der Waals surface area (Å²) in [4.78, 5) is 51.2. The van der Waals surface area contributed by atoms with Crippen LogP contribution in [0.5, 0.6) is 0 Å². The predicted octanol–water partition coefficient (Wildman–Crippen LogP) is -1.39. The smallest absolute Gasteiger partial charge is 0.325 e. The van der Waals surface area contributed by atoms with Gasteiger partial charge in [-0.05, 0) is 25.5 Å². The number of amides is 3. The minimum absolute atomic E-state index is 0.0985. The molecule has 11 heteroatoms. The van der Waals surface area contributed by atoms with Crippen molar-refractivity contribution < 1.29 is 29.4 Å². The number of benzene rings is 1. The van der Waals surface area contributed by atoms with Gasteiger partial charge in [0, 0.05) is 23.5 Å². The maximum absolute atomic E-state index is 12.9. The Morgan fingerprint density at radius 3 is 2.35 bits per heavy atom. The summed E-state index contributed by atoms with van der Waals surface area (Å²) >= 11 is 0. The maximum atomic E-state index is 12.9. The Kier molecular flexibility index (Phi) is 8.11. The van der Waals surface area contributed by atoms with Gasteiger partial charge in [0.1, 0.15) is 18.1 Å². The number of fused-ring (bicyclic) bond motifs is 1. The number of carboxylic acid groups (broad SMARTS) is 1. The Labute approximate surface area is 178 Å². The van der Waals surface area contributed by atoms with Crippen molar-refractivity contribution in [3.8, 4) is 0 Å². The van der Waals surface area contributed by atoms with Crippen molar-refractivity contribution >= 4 is 34.6 Å². The minimum atomic E-state index is -1.42. The molecule has 0 aliphatic heterocycles. The summed E-state index contributed by atoms with van der Waals surface area (Å²) in [5.74, 6) is -3.43. The standard InChI is InChI=1S/C20H27N5O6/c1-10(20(30)31)23-19(29)17(11(2)26)25-18(28)15(24-16(27)8-21)7-12-9-22-14-6-4-3-5-13(12)14/h3-6,9-11,15,17,22,26H,7-8,21H2,1-2H3,(H,23,29)(H,24,27)(H,25,28)(H,30,31). The number of para-hydroxylation sites is 1. The van der Waals surface area contributed by atoms with Crippen molar-refractivity contribution in [2.45, 2.75) is 44.5 Å². The van der Waals surface area contributed by atoms with Gasteiger partial charge in [0.15, 0.2) is 0 Å². The Morgan fingerprint density at radius 1 is 1.06 bits per heavy atom. The Morgan fingerprint density at radius 2 is 1.74 bits per heavy atom. The molecule has 0 aliphatic rings. The molecule has 4 unspecified atom stereocenters. The van der Waals surface area contributed by atoms with Crippen molar-refractivity contribution in [1.82, 2.24) is 20.9 Å². The van der Waals surface area contributed by atoms with E-state index in [-0.39, 0.29) is 13.0 Å². The zero-order valence-electron chi connectivity index (χ0n) is 17.2. The molecule has 168 valence electrons. The summed E-state index contributed by atoms with van der Waals surface area (Å²) in [7, 11) is 0. The second-order valence-corrected chi connectivity index (χ2v) is 7.18. The molecular formula is C20H27N5O6. The number of aliphatic hydroxyl groups is 1. The average Bonchev–Trinajstić information content (AvgIpc) is 3.13. The summed E-state index contributed by atoms with van der Waals surface area (Å²) in [5.41, 5.74) is 6.96. The number of hydrogen-bond acceptors (Lipinski definition) is 6. The number of H-pyrrole nitrogens is 1. The van der Waals surface area contributed by atoms with E-state index in [1.54, 1.807) is 6.20 Å². The first kappa shape index (κ1) is 23.8. The Balaban J connectivity index is 2.21. The first-order valence-corrected chi connectivity index (χ1v) is 9.70. The van der Waals surface area contributed by atoms with Crippen LogP contribution in [0.1, 0.15) is 19.4 Å². The van der Waals surface area contributed by atoms with Crippen molar-refractivity contribution in [2.24, 2.45) is 5.73 Å². The average molecular weight is 433 g/mol. The van der Waals surface area contributed by atoms with Crippen LogP contribution in [0.2, 0.25) is 0 Å². The molecule has 0 spiro atoms. The van der Waals surface area contributed by atoms with Gasteiger partial charge in [0.25, 0.3) is 0 Å². The van der Waals surface area contributed by atoms with Crippen LogP contribution in [-0.4, -0.2) is 69.7 Å².